The first kappa shape index (κ1) is 23.2. The van der Waals surface area contributed by atoms with Crippen molar-refractivity contribution in [1.29, 1.82) is 5.41 Å². The number of carboxylic acids is 1. The Labute approximate surface area is 193 Å². The van der Waals surface area contributed by atoms with Crippen LogP contribution >= 0.6 is 0 Å². The van der Waals surface area contributed by atoms with Gasteiger partial charge in [0.25, 0.3) is 0 Å². The molecule has 178 valence electrons. The van der Waals surface area contributed by atoms with Crippen LogP contribution in [0.3, 0.4) is 0 Å². The predicted octanol–water partition coefficient (Wildman–Crippen LogP) is 1.20. The number of aliphatic carboxylic acids is 1. The van der Waals surface area contributed by atoms with Crippen LogP contribution in [0.4, 0.5) is 0 Å². The average Bonchev–Trinajstić information content (AvgIpc) is 3.43. The van der Waals surface area contributed by atoms with Gasteiger partial charge in [-0.15, -0.1) is 0 Å². The van der Waals surface area contributed by atoms with Crippen LogP contribution in [0, 0.1) is 17.2 Å². The maximum atomic E-state index is 13.6. The van der Waals surface area contributed by atoms with Gasteiger partial charge in [-0.3, -0.25) is 25.1 Å². The van der Waals surface area contributed by atoms with E-state index in [1.165, 1.54) is 0 Å². The lowest BCUT2D eigenvalue weighted by atomic mass is 9.83. The number of carbonyl (C=O) groups is 3. The molecule has 1 aromatic rings. The number of hydrogen-bond donors (Lipinski definition) is 5. The maximum absolute atomic E-state index is 13.6. The van der Waals surface area contributed by atoms with E-state index in [0.29, 0.717) is 25.1 Å². The Morgan fingerprint density at radius 2 is 1.85 bits per heavy atom. The number of nitrogens with one attached hydrogen (secondary N) is 3. The summed E-state index contributed by atoms with van der Waals surface area (Å²) in [5.74, 6) is -1.01. The van der Waals surface area contributed by atoms with Gasteiger partial charge in [0, 0.05) is 18.7 Å². The van der Waals surface area contributed by atoms with Gasteiger partial charge in [-0.05, 0) is 43.1 Å². The Morgan fingerprint density at radius 1 is 1.15 bits per heavy atom. The van der Waals surface area contributed by atoms with Crippen LogP contribution in [-0.2, 0) is 20.9 Å². The molecule has 1 heterocycles. The summed E-state index contributed by atoms with van der Waals surface area (Å²) in [6.07, 6.45) is 6.47. The minimum atomic E-state index is -0.988. The first-order chi connectivity index (χ1) is 15.8. The largest absolute Gasteiger partial charge is 0.480 e. The van der Waals surface area contributed by atoms with Crippen molar-refractivity contribution in [3.8, 4) is 0 Å². The van der Waals surface area contributed by atoms with Crippen molar-refractivity contribution < 1.29 is 19.5 Å². The molecule has 9 nitrogen and oxygen atoms in total. The number of piperidine rings is 1. The zero-order valence-electron chi connectivity index (χ0n) is 18.8. The molecule has 33 heavy (non-hydrogen) atoms. The summed E-state index contributed by atoms with van der Waals surface area (Å²) in [6, 6.07) is 6.58. The number of fused-ring (bicyclic) bond motifs is 1. The molecule has 0 spiro atoms. The molecule has 3 aliphatic rings. The molecule has 2 aliphatic carbocycles. The molecule has 6 N–H and O–H groups in total. The van der Waals surface area contributed by atoms with Gasteiger partial charge in [0.15, 0.2) is 0 Å². The Kier molecular flexibility index (Phi) is 6.69. The fourth-order valence-corrected chi connectivity index (χ4v) is 5.61. The van der Waals surface area contributed by atoms with Crippen molar-refractivity contribution in [3.63, 3.8) is 0 Å². The van der Waals surface area contributed by atoms with Crippen molar-refractivity contribution in [2.75, 3.05) is 13.1 Å². The predicted molar refractivity (Wildman–Crippen MR) is 122 cm³/mol. The molecule has 0 aromatic heterocycles. The SMILES string of the molecule is N=C(N)c1ccc(CNC(=O)C23CC2CCN3C(=O)C(NCC(=O)O)C2CCCCC2)cc1. The highest BCUT2D eigenvalue weighted by atomic mass is 16.4. The van der Waals surface area contributed by atoms with Gasteiger partial charge in [0.1, 0.15) is 11.4 Å². The lowest BCUT2D eigenvalue weighted by Gasteiger charge is -2.36. The first-order valence-electron chi connectivity index (χ1n) is 11.8. The second-order valence-electron chi connectivity index (χ2n) is 9.55. The third-order valence-electron chi connectivity index (χ3n) is 7.49. The highest BCUT2D eigenvalue weighted by Gasteiger charge is 2.68. The zero-order chi connectivity index (χ0) is 23.6. The van der Waals surface area contributed by atoms with Gasteiger partial charge in [-0.25, -0.2) is 0 Å². The molecule has 1 saturated heterocycles. The highest BCUT2D eigenvalue weighted by molar-refractivity contribution is 5.97. The molecule has 0 bridgehead atoms. The molecule has 3 atom stereocenters. The van der Waals surface area contributed by atoms with Crippen LogP contribution in [0.25, 0.3) is 0 Å². The Bertz CT molecular complexity index is 927. The summed E-state index contributed by atoms with van der Waals surface area (Å²) in [5, 5.41) is 22.6. The topological polar surface area (TPSA) is 149 Å². The lowest BCUT2D eigenvalue weighted by molar-refractivity contribution is -0.144. The second kappa shape index (κ2) is 9.51. The van der Waals surface area contributed by atoms with Crippen LogP contribution in [-0.4, -0.2) is 58.3 Å². The van der Waals surface area contributed by atoms with Gasteiger partial charge < -0.3 is 21.1 Å². The summed E-state index contributed by atoms with van der Waals surface area (Å²) in [5.41, 5.74) is 6.19. The van der Waals surface area contributed by atoms with E-state index in [4.69, 9.17) is 16.2 Å². The van der Waals surface area contributed by atoms with Crippen LogP contribution in [0.1, 0.15) is 56.1 Å². The minimum absolute atomic E-state index is 0.00515. The van der Waals surface area contributed by atoms with Crippen molar-refractivity contribution in [2.24, 2.45) is 17.6 Å². The summed E-state index contributed by atoms with van der Waals surface area (Å²) < 4.78 is 0. The molecule has 2 saturated carbocycles. The van der Waals surface area contributed by atoms with Gasteiger partial charge >= 0.3 is 5.97 Å². The number of benzene rings is 1. The summed E-state index contributed by atoms with van der Waals surface area (Å²) in [7, 11) is 0. The van der Waals surface area contributed by atoms with Crippen molar-refractivity contribution in [3.05, 3.63) is 35.4 Å². The van der Waals surface area contributed by atoms with Crippen LogP contribution < -0.4 is 16.4 Å². The molecule has 1 aliphatic heterocycles. The Balaban J connectivity index is 1.44. The first-order valence-corrected chi connectivity index (χ1v) is 11.8. The lowest BCUT2D eigenvalue weighted by Crippen LogP contribution is -2.58. The number of nitrogens with zero attached hydrogens (tertiary/aromatic N) is 1. The monoisotopic (exact) mass is 455 g/mol. The number of carbonyl (C=O) groups excluding carboxylic acids is 2. The number of nitrogen functional groups attached to an aromatic ring is 1. The van der Waals surface area contributed by atoms with E-state index in [2.05, 4.69) is 10.6 Å². The van der Waals surface area contributed by atoms with Gasteiger partial charge in [0.2, 0.25) is 11.8 Å². The number of likely N-dealkylation sites (tertiary alicyclic amines) is 1. The zero-order valence-corrected chi connectivity index (χ0v) is 18.8. The Morgan fingerprint density at radius 3 is 2.45 bits per heavy atom. The molecule has 2 amide bonds. The number of amides is 2. The molecule has 3 fully saturated rings. The number of amidine groups is 1. The van der Waals surface area contributed by atoms with Gasteiger partial charge in [-0.1, -0.05) is 43.5 Å². The number of hydrogen-bond acceptors (Lipinski definition) is 5. The van der Waals surface area contributed by atoms with Crippen LogP contribution in [0.2, 0.25) is 0 Å². The fraction of sp³-hybridized carbons (Fsp3) is 0.583. The average molecular weight is 456 g/mol. The minimum Gasteiger partial charge on any atom is -0.480 e. The van der Waals surface area contributed by atoms with E-state index in [1.54, 1.807) is 17.0 Å². The van der Waals surface area contributed by atoms with Crippen molar-refractivity contribution in [2.45, 2.75) is 63.1 Å². The van der Waals surface area contributed by atoms with Crippen molar-refractivity contribution >= 4 is 23.6 Å². The number of carboxylic acid groups (broad SMARTS) is 1. The normalized spacial score (nSPS) is 25.2. The molecular formula is C24H33N5O4. The van der Waals surface area contributed by atoms with Crippen LogP contribution in [0.15, 0.2) is 24.3 Å². The summed E-state index contributed by atoms with van der Waals surface area (Å²) >= 11 is 0. The molecule has 1 aromatic carbocycles. The second-order valence-corrected chi connectivity index (χ2v) is 9.55. The third kappa shape index (κ3) is 4.73. The van der Waals surface area contributed by atoms with E-state index in [0.717, 1.165) is 44.1 Å². The quantitative estimate of drug-likeness (QED) is 0.279. The van der Waals surface area contributed by atoms with Gasteiger partial charge in [0.05, 0.1) is 12.6 Å². The fourth-order valence-electron chi connectivity index (χ4n) is 5.61. The smallest absolute Gasteiger partial charge is 0.317 e. The van der Waals surface area contributed by atoms with E-state index >= 15 is 0 Å². The van der Waals surface area contributed by atoms with E-state index in [9.17, 15) is 14.4 Å². The number of rotatable bonds is 9. The van der Waals surface area contributed by atoms with E-state index in [-0.39, 0.29) is 36.0 Å². The van der Waals surface area contributed by atoms with Gasteiger partial charge in [-0.2, -0.15) is 0 Å². The van der Waals surface area contributed by atoms with Crippen LogP contribution in [0.5, 0.6) is 0 Å². The molecule has 9 heteroatoms. The molecule has 4 rings (SSSR count). The molecule has 3 unspecified atom stereocenters. The highest BCUT2D eigenvalue weighted by Crippen LogP contribution is 2.56. The maximum Gasteiger partial charge on any atom is 0.317 e. The molecule has 0 radical (unpaired) electrons. The number of nitrogens with two attached hydrogens (primary N) is 1. The Hall–Kier alpha value is -2.94. The summed E-state index contributed by atoms with van der Waals surface area (Å²) in [6.45, 7) is 0.596. The van der Waals surface area contributed by atoms with E-state index in [1.807, 2.05) is 12.1 Å². The standard InChI is InChI=1S/C24H33N5O4/c25-21(26)17-8-6-15(7-9-17)13-28-23(33)24-12-18(24)10-11-29(24)22(32)20(27-14-19(30)31)16-4-2-1-3-5-16/h6-9,16,18,20,27H,1-5,10-14H2,(H3,25,26)(H,28,33)(H,30,31). The third-order valence-corrected chi connectivity index (χ3v) is 7.49. The molecular weight excluding hydrogens is 422 g/mol. The summed E-state index contributed by atoms with van der Waals surface area (Å²) in [4.78, 5) is 39.8. The van der Waals surface area contributed by atoms with Crippen molar-refractivity contribution in [1.82, 2.24) is 15.5 Å². The van der Waals surface area contributed by atoms with E-state index < -0.39 is 17.6 Å².